The summed E-state index contributed by atoms with van der Waals surface area (Å²) in [4.78, 5) is 35.5. The fraction of sp³-hybridized carbons (Fsp3) is 0.750. The molecule has 1 rings (SSSR count). The highest BCUT2D eigenvalue weighted by Gasteiger charge is 2.34. The summed E-state index contributed by atoms with van der Waals surface area (Å²) in [6.45, 7) is 4.81. The van der Waals surface area contributed by atoms with Gasteiger partial charge in [-0.05, 0) is 5.92 Å². The van der Waals surface area contributed by atoms with Crippen molar-refractivity contribution in [2.45, 2.75) is 26.3 Å². The molecule has 3 amide bonds. The summed E-state index contributed by atoms with van der Waals surface area (Å²) < 4.78 is 0. The van der Waals surface area contributed by atoms with Crippen molar-refractivity contribution < 1.29 is 19.5 Å². The Kier molecular flexibility index (Phi) is 6.63. The van der Waals surface area contributed by atoms with Crippen LogP contribution < -0.4 is 10.6 Å². The van der Waals surface area contributed by atoms with E-state index in [-0.39, 0.29) is 18.9 Å². The van der Waals surface area contributed by atoms with Gasteiger partial charge in [0, 0.05) is 25.3 Å². The van der Waals surface area contributed by atoms with Gasteiger partial charge in [0.25, 0.3) is 0 Å². The molecule has 1 atom stereocenters. The van der Waals surface area contributed by atoms with Crippen LogP contribution in [0.2, 0.25) is 0 Å². The van der Waals surface area contributed by atoms with Gasteiger partial charge in [-0.3, -0.25) is 4.79 Å². The SMILES string of the molecule is CC(C)CNC(=O)CCNC(=O)N1CSC[C@H]1C(=O)O. The fourth-order valence-electron chi connectivity index (χ4n) is 1.64. The Morgan fingerprint density at radius 1 is 1.35 bits per heavy atom. The summed E-state index contributed by atoms with van der Waals surface area (Å²) in [5.74, 6) is 0.0240. The molecule has 0 aromatic rings. The average molecular weight is 303 g/mol. The first kappa shape index (κ1) is 16.6. The summed E-state index contributed by atoms with van der Waals surface area (Å²) in [6, 6.07) is -1.21. The zero-order valence-electron chi connectivity index (χ0n) is 11.7. The number of nitrogens with one attached hydrogen (secondary N) is 2. The maximum absolute atomic E-state index is 11.8. The Bertz CT molecular complexity index is 376. The van der Waals surface area contributed by atoms with E-state index in [1.165, 1.54) is 16.7 Å². The zero-order valence-corrected chi connectivity index (χ0v) is 12.5. The Balaban J connectivity index is 2.26. The molecule has 114 valence electrons. The summed E-state index contributed by atoms with van der Waals surface area (Å²) >= 11 is 1.40. The van der Waals surface area contributed by atoms with Gasteiger partial charge in [0.05, 0.1) is 5.88 Å². The predicted octanol–water partition coefficient (Wildman–Crippen LogP) is 0.318. The molecular weight excluding hydrogens is 282 g/mol. The third kappa shape index (κ3) is 5.28. The molecule has 20 heavy (non-hydrogen) atoms. The molecule has 0 radical (unpaired) electrons. The Labute approximate surface area is 122 Å². The standard InChI is InChI=1S/C12H21N3O4S/c1-8(2)5-14-10(16)3-4-13-12(19)15-7-20-6-9(15)11(17)18/h8-9H,3-7H2,1-2H3,(H,13,19)(H,14,16)(H,17,18)/t9-/m0/s1. The van der Waals surface area contributed by atoms with Gasteiger partial charge in [0.1, 0.15) is 6.04 Å². The first-order valence-electron chi connectivity index (χ1n) is 6.53. The second kappa shape index (κ2) is 7.98. The second-order valence-corrected chi connectivity index (χ2v) is 6.00. The van der Waals surface area contributed by atoms with Gasteiger partial charge < -0.3 is 20.6 Å². The largest absolute Gasteiger partial charge is 0.480 e. The van der Waals surface area contributed by atoms with E-state index in [4.69, 9.17) is 5.11 Å². The molecule has 1 fully saturated rings. The number of hydrogen-bond donors (Lipinski definition) is 3. The summed E-state index contributed by atoms with van der Waals surface area (Å²) in [7, 11) is 0. The fourth-order valence-corrected chi connectivity index (χ4v) is 2.78. The van der Waals surface area contributed by atoms with Crippen LogP contribution in [0.3, 0.4) is 0 Å². The van der Waals surface area contributed by atoms with E-state index in [1.54, 1.807) is 0 Å². The summed E-state index contributed by atoms with van der Waals surface area (Å²) in [5, 5.41) is 14.3. The van der Waals surface area contributed by atoms with Crippen molar-refractivity contribution >= 4 is 29.7 Å². The number of carboxylic acid groups (broad SMARTS) is 1. The maximum atomic E-state index is 11.8. The highest BCUT2D eigenvalue weighted by atomic mass is 32.2. The van der Waals surface area contributed by atoms with Crippen LogP contribution in [0, 0.1) is 5.92 Å². The van der Waals surface area contributed by atoms with Crippen LogP contribution in [0.1, 0.15) is 20.3 Å². The van der Waals surface area contributed by atoms with Crippen molar-refractivity contribution in [2.24, 2.45) is 5.92 Å². The molecule has 3 N–H and O–H groups in total. The van der Waals surface area contributed by atoms with Gasteiger partial charge in [-0.2, -0.15) is 0 Å². The molecule has 1 saturated heterocycles. The Morgan fingerprint density at radius 3 is 2.65 bits per heavy atom. The summed E-state index contributed by atoms with van der Waals surface area (Å²) in [6.07, 6.45) is 0.192. The summed E-state index contributed by atoms with van der Waals surface area (Å²) in [5.41, 5.74) is 0. The van der Waals surface area contributed by atoms with Gasteiger partial charge in [-0.1, -0.05) is 13.8 Å². The molecule has 0 saturated carbocycles. The zero-order chi connectivity index (χ0) is 15.1. The number of nitrogens with zero attached hydrogens (tertiary/aromatic N) is 1. The quantitative estimate of drug-likeness (QED) is 0.656. The van der Waals surface area contributed by atoms with Gasteiger partial charge in [0.15, 0.2) is 0 Å². The van der Waals surface area contributed by atoms with Crippen molar-refractivity contribution in [2.75, 3.05) is 24.7 Å². The second-order valence-electron chi connectivity index (χ2n) is 5.00. The molecule has 0 bridgehead atoms. The van der Waals surface area contributed by atoms with E-state index < -0.39 is 18.0 Å². The molecule has 0 aromatic heterocycles. The molecule has 0 spiro atoms. The van der Waals surface area contributed by atoms with Crippen molar-refractivity contribution in [1.82, 2.24) is 15.5 Å². The average Bonchev–Trinajstić information content (AvgIpc) is 2.85. The molecule has 0 unspecified atom stereocenters. The molecule has 0 aliphatic carbocycles. The van der Waals surface area contributed by atoms with E-state index in [0.29, 0.717) is 24.1 Å². The van der Waals surface area contributed by atoms with E-state index in [0.717, 1.165) is 0 Å². The third-order valence-electron chi connectivity index (χ3n) is 2.76. The van der Waals surface area contributed by atoms with E-state index in [9.17, 15) is 14.4 Å². The van der Waals surface area contributed by atoms with Gasteiger partial charge in [-0.25, -0.2) is 9.59 Å². The number of aliphatic carboxylic acids is 1. The van der Waals surface area contributed by atoms with Crippen molar-refractivity contribution in [3.05, 3.63) is 0 Å². The van der Waals surface area contributed by atoms with Crippen LogP contribution in [-0.4, -0.2) is 58.7 Å². The van der Waals surface area contributed by atoms with Gasteiger partial charge >= 0.3 is 12.0 Å². The minimum Gasteiger partial charge on any atom is -0.480 e. The highest BCUT2D eigenvalue weighted by Crippen LogP contribution is 2.20. The first-order chi connectivity index (χ1) is 9.41. The predicted molar refractivity (Wildman–Crippen MR) is 76.5 cm³/mol. The number of hydrogen-bond acceptors (Lipinski definition) is 4. The number of carboxylic acids is 1. The molecule has 1 aliphatic heterocycles. The van der Waals surface area contributed by atoms with E-state index in [2.05, 4.69) is 10.6 Å². The van der Waals surface area contributed by atoms with Crippen molar-refractivity contribution in [3.63, 3.8) is 0 Å². The smallest absolute Gasteiger partial charge is 0.327 e. The highest BCUT2D eigenvalue weighted by molar-refractivity contribution is 7.99. The molecule has 1 heterocycles. The van der Waals surface area contributed by atoms with Crippen molar-refractivity contribution in [1.29, 1.82) is 0 Å². The third-order valence-corrected chi connectivity index (χ3v) is 3.78. The molecule has 7 nitrogen and oxygen atoms in total. The van der Waals surface area contributed by atoms with Gasteiger partial charge in [0.2, 0.25) is 5.91 Å². The lowest BCUT2D eigenvalue weighted by atomic mass is 10.2. The molecule has 1 aliphatic rings. The lowest BCUT2D eigenvalue weighted by Crippen LogP contribution is -2.47. The Hall–Kier alpha value is -1.44. The van der Waals surface area contributed by atoms with E-state index in [1.807, 2.05) is 13.8 Å². The van der Waals surface area contributed by atoms with Crippen LogP contribution in [0.5, 0.6) is 0 Å². The topological polar surface area (TPSA) is 98.7 Å². The lowest BCUT2D eigenvalue weighted by molar-refractivity contribution is -0.140. The number of carbonyl (C=O) groups is 3. The molecular formula is C12H21N3O4S. The van der Waals surface area contributed by atoms with E-state index >= 15 is 0 Å². The van der Waals surface area contributed by atoms with Gasteiger partial charge in [-0.15, -0.1) is 11.8 Å². The maximum Gasteiger partial charge on any atom is 0.327 e. The minimum atomic E-state index is -1.00. The van der Waals surface area contributed by atoms with Crippen LogP contribution in [0.25, 0.3) is 0 Å². The normalized spacial score (nSPS) is 18.1. The molecule has 0 aromatic carbocycles. The number of carbonyl (C=O) groups excluding carboxylic acids is 2. The molecule has 8 heteroatoms. The monoisotopic (exact) mass is 303 g/mol. The number of thioether (sulfide) groups is 1. The first-order valence-corrected chi connectivity index (χ1v) is 7.69. The Morgan fingerprint density at radius 2 is 2.05 bits per heavy atom. The number of rotatable bonds is 6. The number of urea groups is 1. The van der Waals surface area contributed by atoms with Crippen LogP contribution >= 0.6 is 11.8 Å². The van der Waals surface area contributed by atoms with Crippen molar-refractivity contribution in [3.8, 4) is 0 Å². The van der Waals surface area contributed by atoms with Crippen LogP contribution in [0.15, 0.2) is 0 Å². The van der Waals surface area contributed by atoms with Crippen LogP contribution in [-0.2, 0) is 9.59 Å². The van der Waals surface area contributed by atoms with Crippen LogP contribution in [0.4, 0.5) is 4.79 Å². The lowest BCUT2D eigenvalue weighted by Gasteiger charge is -2.20. The number of amides is 3. The minimum absolute atomic E-state index is 0.121.